The number of aromatic carboxylic acids is 1. The fourth-order valence-electron chi connectivity index (χ4n) is 5.73. The number of carbonyl (C=O) groups is 1. The molecule has 3 aromatic rings. The molecule has 7 nitrogen and oxygen atoms in total. The first-order valence-corrected chi connectivity index (χ1v) is 13.7. The summed E-state index contributed by atoms with van der Waals surface area (Å²) in [4.78, 5) is 24.7. The van der Waals surface area contributed by atoms with Crippen LogP contribution < -0.4 is 14.9 Å². The molecule has 5 rings (SSSR count). The van der Waals surface area contributed by atoms with Crippen LogP contribution in [0.3, 0.4) is 0 Å². The number of hydrogen-bond acceptors (Lipinski definition) is 5. The number of rotatable bonds is 8. The van der Waals surface area contributed by atoms with Gasteiger partial charge >= 0.3 is 5.97 Å². The first-order chi connectivity index (χ1) is 18.6. The molecular formula is C32H37NO6. The van der Waals surface area contributed by atoms with E-state index in [0.29, 0.717) is 26.2 Å². The van der Waals surface area contributed by atoms with Gasteiger partial charge in [-0.3, -0.25) is 4.79 Å². The SMILES string of the molecule is COCCCOc1cc2c(cc1-c1ccc3c(c1)OCCC3)-c1cc(=O)c(C(=O)O)cn1C(CC(C)(C)C)C2. The highest BCUT2D eigenvalue weighted by atomic mass is 16.5. The number of fused-ring (bicyclic) bond motifs is 4. The van der Waals surface area contributed by atoms with Gasteiger partial charge in [-0.2, -0.15) is 0 Å². The van der Waals surface area contributed by atoms with E-state index >= 15 is 0 Å². The molecule has 0 radical (unpaired) electrons. The van der Waals surface area contributed by atoms with Gasteiger partial charge in [0, 0.05) is 49.6 Å². The summed E-state index contributed by atoms with van der Waals surface area (Å²) < 4.78 is 19.5. The molecule has 1 N–H and O–H groups in total. The summed E-state index contributed by atoms with van der Waals surface area (Å²) in [6.45, 7) is 8.36. The van der Waals surface area contributed by atoms with Crippen LogP contribution in [0.15, 0.2) is 47.4 Å². The Morgan fingerprint density at radius 3 is 2.67 bits per heavy atom. The van der Waals surface area contributed by atoms with Crippen LogP contribution in [-0.2, 0) is 17.6 Å². The molecule has 0 spiro atoms. The van der Waals surface area contributed by atoms with Crippen molar-refractivity contribution in [1.82, 2.24) is 4.57 Å². The molecule has 0 amide bonds. The van der Waals surface area contributed by atoms with Crippen molar-refractivity contribution in [2.45, 2.75) is 58.9 Å². The average Bonchev–Trinajstić information content (AvgIpc) is 2.89. The topological polar surface area (TPSA) is 87.0 Å². The Hall–Kier alpha value is -3.58. The second-order valence-corrected chi connectivity index (χ2v) is 11.7. The smallest absolute Gasteiger partial charge is 0.341 e. The highest BCUT2D eigenvalue weighted by Gasteiger charge is 2.30. The monoisotopic (exact) mass is 531 g/mol. The molecule has 7 heteroatoms. The maximum atomic E-state index is 12.9. The second-order valence-electron chi connectivity index (χ2n) is 11.7. The Morgan fingerprint density at radius 2 is 1.92 bits per heavy atom. The van der Waals surface area contributed by atoms with Gasteiger partial charge in [0.1, 0.15) is 17.1 Å². The van der Waals surface area contributed by atoms with Crippen molar-refractivity contribution < 1.29 is 24.1 Å². The summed E-state index contributed by atoms with van der Waals surface area (Å²) in [5.74, 6) is 0.480. The molecule has 1 atom stereocenters. The van der Waals surface area contributed by atoms with Crippen molar-refractivity contribution >= 4 is 5.97 Å². The second kappa shape index (κ2) is 10.9. The molecule has 2 aliphatic heterocycles. The average molecular weight is 532 g/mol. The highest BCUT2D eigenvalue weighted by molar-refractivity contribution is 5.88. The van der Waals surface area contributed by atoms with Crippen molar-refractivity contribution in [2.75, 3.05) is 26.9 Å². The van der Waals surface area contributed by atoms with Gasteiger partial charge in [0.05, 0.1) is 18.9 Å². The van der Waals surface area contributed by atoms with Gasteiger partial charge in [-0.05, 0) is 66.0 Å². The number of benzene rings is 2. The number of carboxylic acid groups (broad SMARTS) is 1. The number of nitrogens with zero attached hydrogens (tertiary/aromatic N) is 1. The lowest BCUT2D eigenvalue weighted by molar-refractivity contribution is 0.0694. The molecule has 3 heterocycles. The van der Waals surface area contributed by atoms with E-state index in [9.17, 15) is 14.7 Å². The van der Waals surface area contributed by atoms with Crippen molar-refractivity contribution in [2.24, 2.45) is 5.41 Å². The molecule has 1 aromatic heterocycles. The summed E-state index contributed by atoms with van der Waals surface area (Å²) in [5.41, 5.74) is 5.17. The summed E-state index contributed by atoms with van der Waals surface area (Å²) in [6.07, 6.45) is 5.85. The summed E-state index contributed by atoms with van der Waals surface area (Å²) in [6, 6.07) is 12.0. The molecular weight excluding hydrogens is 494 g/mol. The van der Waals surface area contributed by atoms with Gasteiger partial charge in [-0.1, -0.05) is 32.9 Å². The molecule has 39 heavy (non-hydrogen) atoms. The fraction of sp³-hybridized carbons (Fsp3) is 0.438. The van der Waals surface area contributed by atoms with Crippen LogP contribution in [0.4, 0.5) is 0 Å². The number of pyridine rings is 1. The van der Waals surface area contributed by atoms with E-state index in [1.807, 2.05) is 4.57 Å². The minimum atomic E-state index is -1.20. The third-order valence-electron chi connectivity index (χ3n) is 7.46. The Bertz CT molecular complexity index is 1450. The number of hydrogen-bond donors (Lipinski definition) is 1. The Morgan fingerprint density at radius 1 is 1.10 bits per heavy atom. The van der Waals surface area contributed by atoms with Crippen LogP contribution in [-0.4, -0.2) is 42.6 Å². The van der Waals surface area contributed by atoms with Crippen LogP contribution in [0.25, 0.3) is 22.4 Å². The minimum Gasteiger partial charge on any atom is -0.493 e. The zero-order chi connectivity index (χ0) is 27.7. The standard InChI is InChI=1S/C32H37NO6/c1-32(2,3)18-23-13-22-15-30(39-12-6-10-37-4)25(21-9-8-20-7-5-11-38-29(20)14-21)16-24(22)27-17-28(34)26(31(35)36)19-33(23)27/h8-9,14-17,19,23H,5-7,10-13,18H2,1-4H3,(H,35,36). The molecule has 0 saturated carbocycles. The van der Waals surface area contributed by atoms with E-state index in [1.54, 1.807) is 7.11 Å². The van der Waals surface area contributed by atoms with Crippen LogP contribution in [0.2, 0.25) is 0 Å². The normalized spacial score (nSPS) is 16.1. The van der Waals surface area contributed by atoms with Gasteiger partial charge < -0.3 is 23.9 Å². The number of aromatic nitrogens is 1. The van der Waals surface area contributed by atoms with E-state index in [0.717, 1.165) is 65.1 Å². The molecule has 1 unspecified atom stereocenters. The number of aryl methyl sites for hydroxylation is 1. The Balaban J connectivity index is 1.67. The van der Waals surface area contributed by atoms with Crippen molar-refractivity contribution in [3.8, 4) is 33.9 Å². The highest BCUT2D eigenvalue weighted by Crippen LogP contribution is 2.45. The number of methoxy groups -OCH3 is 1. The van der Waals surface area contributed by atoms with E-state index in [4.69, 9.17) is 14.2 Å². The predicted octanol–water partition coefficient (Wildman–Crippen LogP) is 6.15. The molecule has 0 aliphatic carbocycles. The van der Waals surface area contributed by atoms with E-state index < -0.39 is 11.4 Å². The first kappa shape index (κ1) is 27.0. The lowest BCUT2D eigenvalue weighted by atomic mass is 9.81. The molecule has 0 bridgehead atoms. The maximum Gasteiger partial charge on any atom is 0.341 e. The van der Waals surface area contributed by atoms with Gasteiger partial charge in [0.15, 0.2) is 5.43 Å². The maximum absolute atomic E-state index is 12.9. The van der Waals surface area contributed by atoms with Gasteiger partial charge in [-0.25, -0.2) is 4.79 Å². The zero-order valence-corrected chi connectivity index (χ0v) is 23.2. The van der Waals surface area contributed by atoms with Crippen LogP contribution in [0, 0.1) is 5.41 Å². The molecule has 206 valence electrons. The van der Waals surface area contributed by atoms with Crippen molar-refractivity contribution in [3.05, 3.63) is 69.5 Å². The van der Waals surface area contributed by atoms with E-state index in [2.05, 4.69) is 51.1 Å². The largest absolute Gasteiger partial charge is 0.493 e. The summed E-state index contributed by atoms with van der Waals surface area (Å²) in [7, 11) is 1.68. The fourth-order valence-corrected chi connectivity index (χ4v) is 5.73. The van der Waals surface area contributed by atoms with Crippen LogP contribution in [0.1, 0.15) is 67.6 Å². The third kappa shape index (κ3) is 5.74. The number of carboxylic acids is 1. The molecule has 0 fully saturated rings. The number of ether oxygens (including phenoxy) is 3. The Labute approximate surface area is 229 Å². The van der Waals surface area contributed by atoms with E-state index in [1.165, 1.54) is 17.8 Å². The van der Waals surface area contributed by atoms with Crippen LogP contribution >= 0.6 is 0 Å². The van der Waals surface area contributed by atoms with Gasteiger partial charge in [0.2, 0.25) is 0 Å². The molecule has 0 saturated heterocycles. The van der Waals surface area contributed by atoms with Gasteiger partial charge in [0.25, 0.3) is 0 Å². The lowest BCUT2D eigenvalue weighted by Crippen LogP contribution is -2.28. The predicted molar refractivity (Wildman–Crippen MR) is 151 cm³/mol. The quantitative estimate of drug-likeness (QED) is 0.351. The minimum absolute atomic E-state index is 0.00845. The molecule has 2 aromatic carbocycles. The van der Waals surface area contributed by atoms with E-state index in [-0.39, 0.29) is 17.0 Å². The first-order valence-electron chi connectivity index (χ1n) is 13.7. The summed E-state index contributed by atoms with van der Waals surface area (Å²) >= 11 is 0. The van der Waals surface area contributed by atoms with Crippen LogP contribution in [0.5, 0.6) is 11.5 Å². The Kier molecular flexibility index (Phi) is 7.54. The van der Waals surface area contributed by atoms with Crippen molar-refractivity contribution in [3.63, 3.8) is 0 Å². The van der Waals surface area contributed by atoms with Crippen molar-refractivity contribution in [1.29, 1.82) is 0 Å². The third-order valence-corrected chi connectivity index (χ3v) is 7.46. The molecule has 2 aliphatic rings. The summed E-state index contributed by atoms with van der Waals surface area (Å²) in [5, 5.41) is 9.68. The zero-order valence-electron chi connectivity index (χ0n) is 23.2. The van der Waals surface area contributed by atoms with Gasteiger partial charge in [-0.15, -0.1) is 0 Å². The lowest BCUT2D eigenvalue weighted by Gasteiger charge is -2.35.